The molecular weight excluding hydrogens is 1410 g/mol. The van der Waals surface area contributed by atoms with Gasteiger partial charge in [0.2, 0.25) is 0 Å². The van der Waals surface area contributed by atoms with Crippen LogP contribution in [0.25, 0.3) is 0 Å². The lowest BCUT2D eigenvalue weighted by molar-refractivity contribution is -0.161. The van der Waals surface area contributed by atoms with Crippen LogP contribution in [0.1, 0.15) is 355 Å². The molecule has 626 valence electrons. The standard InChI is InChI=1S/C91H156O16P2/c1-4-7-10-13-16-19-22-25-28-31-34-36-38-40-41-42-43-45-47-48-51-53-56-59-62-65-68-71-74-77-89(94)101-80-86(92)81-103-108(97,98)104-82-87(93)83-105-109(99,100)106-85-88(107-91(96)79-76-73-70-67-64-61-58-55-50-33-30-27-24-21-18-15-12-9-6-3)84-102-90(95)78-75-72-69-66-63-60-57-54-52-49-46-44-39-37-35-32-29-26-23-20-17-14-11-8-5-2/h7,10,16-21,25-30,34-37,40-41,44,46,50,55,86-88,92-93H,4-6,8-9,11-15,22-24,31-33,38-39,42-43,45,47-49,51-54,56-85H2,1-3H3,(H,97,98)(H,99,100)/b10-7-,19-16-,20-17-,21-18-,28-25-,29-26-,30-27-,36-34-,37-35-,41-40-,46-44-,55-50-. The van der Waals surface area contributed by atoms with E-state index in [1.165, 1.54) is 128 Å². The fraction of sp³-hybridized carbons (Fsp3) is 0.703. The smallest absolute Gasteiger partial charge is 0.463 e. The molecule has 0 aliphatic heterocycles. The molecule has 0 bridgehead atoms. The van der Waals surface area contributed by atoms with Gasteiger partial charge < -0.3 is 34.2 Å². The Labute approximate surface area is 664 Å². The summed E-state index contributed by atoms with van der Waals surface area (Å²) >= 11 is 0. The first kappa shape index (κ1) is 104. The zero-order chi connectivity index (χ0) is 79.4. The number of aliphatic hydroxyl groups is 2. The third-order valence-corrected chi connectivity index (χ3v) is 19.9. The minimum atomic E-state index is -4.94. The van der Waals surface area contributed by atoms with E-state index in [1.807, 2.05) is 0 Å². The van der Waals surface area contributed by atoms with Gasteiger partial charge in [0, 0.05) is 19.3 Å². The van der Waals surface area contributed by atoms with Crippen molar-refractivity contribution in [1.29, 1.82) is 0 Å². The zero-order valence-electron chi connectivity index (χ0n) is 68.7. The molecule has 0 spiro atoms. The summed E-state index contributed by atoms with van der Waals surface area (Å²) in [6.07, 6.45) is 103. The number of rotatable bonds is 81. The molecule has 0 aliphatic rings. The lowest BCUT2D eigenvalue weighted by Gasteiger charge is -2.21. The lowest BCUT2D eigenvalue weighted by atomic mass is 10.0. The topological polar surface area (TPSA) is 231 Å². The summed E-state index contributed by atoms with van der Waals surface area (Å²) in [5.41, 5.74) is 0. The van der Waals surface area contributed by atoms with Crippen molar-refractivity contribution in [1.82, 2.24) is 0 Å². The van der Waals surface area contributed by atoms with Gasteiger partial charge in [-0.3, -0.25) is 32.5 Å². The first-order valence-electron chi connectivity index (χ1n) is 43.1. The molecule has 0 fully saturated rings. The molecule has 0 amide bonds. The monoisotopic (exact) mass is 1570 g/mol. The number of hydrogen-bond acceptors (Lipinski definition) is 14. The van der Waals surface area contributed by atoms with E-state index < -0.39 is 91.5 Å². The molecule has 0 radical (unpaired) electrons. The van der Waals surface area contributed by atoms with Crippen LogP contribution in [-0.2, 0) is 55.8 Å². The Morgan fingerprint density at radius 2 is 0.486 bits per heavy atom. The minimum Gasteiger partial charge on any atom is -0.463 e. The van der Waals surface area contributed by atoms with Crippen LogP contribution >= 0.6 is 15.6 Å². The number of carbonyl (C=O) groups excluding carboxylic acids is 3. The number of ether oxygens (including phenoxy) is 3. The van der Waals surface area contributed by atoms with Crippen molar-refractivity contribution in [3.63, 3.8) is 0 Å². The predicted molar refractivity (Wildman–Crippen MR) is 454 cm³/mol. The number of allylic oxidation sites excluding steroid dienone is 24. The number of unbranched alkanes of at least 4 members (excludes halogenated alkanes) is 34. The predicted octanol–water partition coefficient (Wildman–Crippen LogP) is 26.0. The van der Waals surface area contributed by atoms with Crippen LogP contribution in [0.2, 0.25) is 0 Å². The summed E-state index contributed by atoms with van der Waals surface area (Å²) in [5, 5.41) is 20.7. The molecule has 5 atom stereocenters. The average molecular weight is 1570 g/mol. The number of phosphoric ester groups is 2. The Kier molecular flexibility index (Phi) is 79.4. The van der Waals surface area contributed by atoms with Gasteiger partial charge in [-0.2, -0.15) is 0 Å². The molecule has 0 aromatic heterocycles. The first-order chi connectivity index (χ1) is 53.2. The second-order valence-electron chi connectivity index (χ2n) is 28.6. The fourth-order valence-electron chi connectivity index (χ4n) is 11.5. The average Bonchev–Trinajstić information content (AvgIpc) is 0.902. The lowest BCUT2D eigenvalue weighted by Crippen LogP contribution is -2.30. The van der Waals surface area contributed by atoms with E-state index >= 15 is 0 Å². The summed E-state index contributed by atoms with van der Waals surface area (Å²) in [6.45, 7) is 2.52. The molecular formula is C91H156O16P2. The Morgan fingerprint density at radius 1 is 0.266 bits per heavy atom. The van der Waals surface area contributed by atoms with E-state index in [9.17, 15) is 43.5 Å². The van der Waals surface area contributed by atoms with Crippen molar-refractivity contribution >= 4 is 33.6 Å². The molecule has 0 aromatic rings. The number of phosphoric acid groups is 2. The van der Waals surface area contributed by atoms with E-state index in [0.717, 1.165) is 167 Å². The van der Waals surface area contributed by atoms with Crippen LogP contribution in [0.5, 0.6) is 0 Å². The quantitative estimate of drug-likeness (QED) is 0.0146. The van der Waals surface area contributed by atoms with Gasteiger partial charge in [0.25, 0.3) is 0 Å². The van der Waals surface area contributed by atoms with Gasteiger partial charge in [0.15, 0.2) is 6.10 Å². The van der Waals surface area contributed by atoms with Gasteiger partial charge in [0.1, 0.15) is 25.4 Å². The summed E-state index contributed by atoms with van der Waals surface area (Å²) in [7, 11) is -9.81. The van der Waals surface area contributed by atoms with E-state index in [1.54, 1.807) is 0 Å². The molecule has 5 unspecified atom stereocenters. The fourth-order valence-corrected chi connectivity index (χ4v) is 13.1. The normalized spacial score (nSPS) is 14.6. The van der Waals surface area contributed by atoms with Gasteiger partial charge in [-0.1, -0.05) is 334 Å². The third-order valence-electron chi connectivity index (χ3n) is 18.0. The van der Waals surface area contributed by atoms with E-state index in [-0.39, 0.29) is 19.3 Å². The van der Waals surface area contributed by atoms with Crippen LogP contribution in [0.4, 0.5) is 0 Å². The van der Waals surface area contributed by atoms with Gasteiger partial charge in [-0.05, 0) is 148 Å². The van der Waals surface area contributed by atoms with Crippen molar-refractivity contribution in [2.75, 3.05) is 39.6 Å². The van der Waals surface area contributed by atoms with Crippen molar-refractivity contribution in [2.45, 2.75) is 373 Å². The molecule has 0 aromatic carbocycles. The number of esters is 3. The van der Waals surface area contributed by atoms with Crippen LogP contribution in [0.3, 0.4) is 0 Å². The minimum absolute atomic E-state index is 0.0859. The highest BCUT2D eigenvalue weighted by atomic mass is 31.2. The van der Waals surface area contributed by atoms with Gasteiger partial charge >= 0.3 is 33.6 Å². The number of hydrogen-bond donors (Lipinski definition) is 4. The summed E-state index contributed by atoms with van der Waals surface area (Å²) < 4.78 is 61.3. The molecule has 0 heterocycles. The Balaban J connectivity index is 4.61. The Bertz CT molecular complexity index is 2560. The SMILES string of the molecule is CC/C=C\C/C=C\C/C=C\C/C=C\C/C=C\CCCCCCCCCCCCCCCC(=O)OCC(O)COP(=O)(O)OCC(O)COP(=O)(O)OCC(COC(=O)CCCCCCCCCCC/C=C\C/C=C\C/C=C\C/C=C\CCCCC)OC(=O)CCCCCCCC/C=C\C/C=C\C/C=C\CCCCC. The molecule has 0 rings (SSSR count). The first-order valence-corrected chi connectivity index (χ1v) is 46.1. The summed E-state index contributed by atoms with van der Waals surface area (Å²) in [6, 6.07) is 0. The summed E-state index contributed by atoms with van der Waals surface area (Å²) in [4.78, 5) is 58.9. The Morgan fingerprint density at radius 3 is 0.771 bits per heavy atom. The number of aliphatic hydroxyl groups excluding tert-OH is 2. The van der Waals surface area contributed by atoms with Crippen molar-refractivity contribution in [3.05, 3.63) is 146 Å². The maximum atomic E-state index is 13.0. The highest BCUT2D eigenvalue weighted by Crippen LogP contribution is 2.45. The second kappa shape index (κ2) is 82.9. The third kappa shape index (κ3) is 84.2. The van der Waals surface area contributed by atoms with Crippen LogP contribution in [-0.4, -0.2) is 95.9 Å². The van der Waals surface area contributed by atoms with Crippen molar-refractivity contribution in [3.8, 4) is 0 Å². The van der Waals surface area contributed by atoms with E-state index in [0.29, 0.717) is 19.3 Å². The maximum Gasteiger partial charge on any atom is 0.472 e. The maximum absolute atomic E-state index is 13.0. The van der Waals surface area contributed by atoms with Crippen molar-refractivity contribution < 1.29 is 75.8 Å². The van der Waals surface area contributed by atoms with Crippen LogP contribution < -0.4 is 0 Å². The van der Waals surface area contributed by atoms with E-state index in [2.05, 4.69) is 167 Å². The number of carbonyl (C=O) groups is 3. The van der Waals surface area contributed by atoms with Gasteiger partial charge in [-0.15, -0.1) is 0 Å². The molecule has 0 saturated heterocycles. The molecule has 18 heteroatoms. The van der Waals surface area contributed by atoms with Gasteiger partial charge in [0.05, 0.1) is 26.4 Å². The second-order valence-corrected chi connectivity index (χ2v) is 31.5. The van der Waals surface area contributed by atoms with Crippen LogP contribution in [0.15, 0.2) is 146 Å². The Hall–Kier alpha value is -4.57. The highest BCUT2D eigenvalue weighted by Gasteiger charge is 2.29. The molecule has 0 saturated carbocycles. The van der Waals surface area contributed by atoms with Crippen LogP contribution in [0, 0.1) is 0 Å². The molecule has 109 heavy (non-hydrogen) atoms. The highest BCUT2D eigenvalue weighted by molar-refractivity contribution is 7.47. The summed E-state index contributed by atoms with van der Waals surface area (Å²) in [5.74, 6) is -1.59. The molecule has 4 N–H and O–H groups in total. The van der Waals surface area contributed by atoms with E-state index in [4.69, 9.17) is 32.3 Å². The largest absolute Gasteiger partial charge is 0.472 e. The zero-order valence-corrected chi connectivity index (χ0v) is 70.5. The molecule has 0 aliphatic carbocycles. The van der Waals surface area contributed by atoms with Gasteiger partial charge in [-0.25, -0.2) is 9.13 Å². The molecule has 16 nitrogen and oxygen atoms in total. The van der Waals surface area contributed by atoms with Crippen molar-refractivity contribution in [2.24, 2.45) is 0 Å².